The van der Waals surface area contributed by atoms with E-state index < -0.39 is 0 Å². The maximum absolute atomic E-state index is 5.83. The van der Waals surface area contributed by atoms with Gasteiger partial charge < -0.3 is 11.1 Å². The van der Waals surface area contributed by atoms with Crippen molar-refractivity contribution in [1.29, 1.82) is 0 Å². The molecule has 1 heterocycles. The molecular weight excluding hydrogens is 266 g/mol. The van der Waals surface area contributed by atoms with Crippen LogP contribution in [0.25, 0.3) is 0 Å². The van der Waals surface area contributed by atoms with Gasteiger partial charge in [-0.1, -0.05) is 26.7 Å². The third kappa shape index (κ3) is 4.39. The maximum atomic E-state index is 5.83. The number of nitrogens with one attached hydrogen (secondary N) is 1. The minimum atomic E-state index is 0.693. The van der Waals surface area contributed by atoms with Gasteiger partial charge in [0.1, 0.15) is 0 Å². The number of pyridine rings is 1. The summed E-state index contributed by atoms with van der Waals surface area (Å²) in [6.45, 7) is 5.47. The van der Waals surface area contributed by atoms with Gasteiger partial charge in [-0.15, -0.1) is 0 Å². The molecule has 1 aromatic rings. The van der Waals surface area contributed by atoms with Crippen LogP contribution < -0.4 is 11.1 Å². The monoisotopic (exact) mass is 285 g/mol. The highest BCUT2D eigenvalue weighted by atomic mass is 79.9. The summed E-state index contributed by atoms with van der Waals surface area (Å²) in [6, 6.07) is 0. The van der Waals surface area contributed by atoms with Gasteiger partial charge in [0.2, 0.25) is 0 Å². The van der Waals surface area contributed by atoms with Crippen molar-refractivity contribution in [1.82, 2.24) is 4.98 Å². The molecule has 0 spiro atoms. The average molecular weight is 286 g/mol. The second-order valence-corrected chi connectivity index (χ2v) is 5.26. The highest BCUT2D eigenvalue weighted by molar-refractivity contribution is 9.10. The van der Waals surface area contributed by atoms with E-state index in [1.807, 2.05) is 0 Å². The zero-order valence-corrected chi connectivity index (χ0v) is 11.5. The molecule has 0 saturated carbocycles. The summed E-state index contributed by atoms with van der Waals surface area (Å²) < 4.78 is 0.927. The van der Waals surface area contributed by atoms with Crippen molar-refractivity contribution in [3.8, 4) is 0 Å². The van der Waals surface area contributed by atoms with E-state index in [0.29, 0.717) is 5.69 Å². The molecule has 0 bridgehead atoms. The number of halogens is 1. The normalized spacial score (nSPS) is 10.8. The fourth-order valence-corrected chi connectivity index (χ4v) is 2.01. The van der Waals surface area contributed by atoms with Crippen LogP contribution in [0.15, 0.2) is 16.9 Å². The van der Waals surface area contributed by atoms with Crippen LogP contribution >= 0.6 is 15.9 Å². The Hall–Kier alpha value is -0.770. The van der Waals surface area contributed by atoms with E-state index in [2.05, 4.69) is 40.1 Å². The Bertz CT molecular complexity index is 306. The quantitative estimate of drug-likeness (QED) is 0.785. The summed E-state index contributed by atoms with van der Waals surface area (Å²) >= 11 is 3.43. The first-order valence-electron chi connectivity index (χ1n) is 5.74. The minimum Gasteiger partial charge on any atom is -0.396 e. The number of anilines is 2. The van der Waals surface area contributed by atoms with Gasteiger partial charge in [-0.2, -0.15) is 0 Å². The van der Waals surface area contributed by atoms with Gasteiger partial charge in [0.05, 0.1) is 22.0 Å². The van der Waals surface area contributed by atoms with Gasteiger partial charge >= 0.3 is 0 Å². The Balaban J connectivity index is 2.32. The number of unbranched alkanes of at least 4 members (excludes halogenated alkanes) is 1. The van der Waals surface area contributed by atoms with Crippen molar-refractivity contribution in [2.45, 2.75) is 33.1 Å². The highest BCUT2D eigenvalue weighted by Gasteiger charge is 2.03. The first-order chi connectivity index (χ1) is 7.61. The van der Waals surface area contributed by atoms with Crippen molar-refractivity contribution in [3.63, 3.8) is 0 Å². The molecule has 0 aliphatic carbocycles. The molecule has 16 heavy (non-hydrogen) atoms. The highest BCUT2D eigenvalue weighted by Crippen LogP contribution is 2.26. The number of hydrogen-bond acceptors (Lipinski definition) is 3. The Morgan fingerprint density at radius 1 is 1.38 bits per heavy atom. The number of aromatic nitrogens is 1. The van der Waals surface area contributed by atoms with Gasteiger partial charge in [-0.05, 0) is 28.3 Å². The molecule has 3 nitrogen and oxygen atoms in total. The summed E-state index contributed by atoms with van der Waals surface area (Å²) in [5.41, 5.74) is 7.48. The molecule has 4 heteroatoms. The van der Waals surface area contributed by atoms with Crippen LogP contribution in [0.2, 0.25) is 0 Å². The molecule has 0 atom stereocenters. The lowest BCUT2D eigenvalue weighted by atomic mass is 10.1. The standard InChI is InChI=1S/C12H20BrN3/c1-9(2)5-3-4-6-16-12-10(13)7-15-8-11(12)14/h7-9H,3-6,14H2,1-2H3,(H,15,16). The lowest BCUT2D eigenvalue weighted by Crippen LogP contribution is -2.05. The number of hydrogen-bond donors (Lipinski definition) is 2. The van der Waals surface area contributed by atoms with E-state index in [-0.39, 0.29) is 0 Å². The fraction of sp³-hybridized carbons (Fsp3) is 0.583. The Labute approximate surface area is 106 Å². The third-order valence-corrected chi connectivity index (χ3v) is 3.04. The zero-order chi connectivity index (χ0) is 12.0. The number of rotatable bonds is 6. The van der Waals surface area contributed by atoms with Crippen molar-refractivity contribution in [2.75, 3.05) is 17.6 Å². The summed E-state index contributed by atoms with van der Waals surface area (Å²) in [4.78, 5) is 4.00. The number of nitrogens with zero attached hydrogens (tertiary/aromatic N) is 1. The molecule has 0 saturated heterocycles. The van der Waals surface area contributed by atoms with Gasteiger partial charge in [0, 0.05) is 12.7 Å². The van der Waals surface area contributed by atoms with Crippen LogP contribution in [-0.4, -0.2) is 11.5 Å². The third-order valence-electron chi connectivity index (χ3n) is 2.44. The van der Waals surface area contributed by atoms with Crippen LogP contribution in [0.1, 0.15) is 33.1 Å². The topological polar surface area (TPSA) is 50.9 Å². The summed E-state index contributed by atoms with van der Waals surface area (Å²) in [5, 5.41) is 3.34. The van der Waals surface area contributed by atoms with Crippen LogP contribution in [0, 0.1) is 5.92 Å². The fourth-order valence-electron chi connectivity index (χ4n) is 1.53. The second-order valence-electron chi connectivity index (χ2n) is 4.40. The molecule has 0 radical (unpaired) electrons. The summed E-state index contributed by atoms with van der Waals surface area (Å²) in [5.74, 6) is 0.790. The predicted octanol–water partition coefficient (Wildman–Crippen LogP) is 3.66. The smallest absolute Gasteiger partial charge is 0.0750 e. The Kier molecular flexibility index (Phi) is 5.60. The molecule has 3 N–H and O–H groups in total. The molecule has 0 aliphatic heterocycles. The van der Waals surface area contributed by atoms with E-state index in [9.17, 15) is 0 Å². The molecule has 0 aromatic carbocycles. The molecule has 90 valence electrons. The predicted molar refractivity (Wildman–Crippen MR) is 73.5 cm³/mol. The van der Waals surface area contributed by atoms with E-state index in [4.69, 9.17) is 5.73 Å². The van der Waals surface area contributed by atoms with E-state index >= 15 is 0 Å². The van der Waals surface area contributed by atoms with Crippen LogP contribution in [0.4, 0.5) is 11.4 Å². The lowest BCUT2D eigenvalue weighted by molar-refractivity contribution is 0.545. The number of nitrogen functional groups attached to an aromatic ring is 1. The van der Waals surface area contributed by atoms with Gasteiger partial charge in [-0.3, -0.25) is 4.98 Å². The Morgan fingerprint density at radius 2 is 2.12 bits per heavy atom. The van der Waals surface area contributed by atoms with Crippen LogP contribution in [0.3, 0.4) is 0 Å². The molecular formula is C12H20BrN3. The molecule has 0 fully saturated rings. The van der Waals surface area contributed by atoms with Crippen molar-refractivity contribution in [2.24, 2.45) is 5.92 Å². The summed E-state index contributed by atoms with van der Waals surface area (Å²) in [6.07, 6.45) is 7.14. The number of nitrogens with two attached hydrogens (primary N) is 1. The van der Waals surface area contributed by atoms with Crippen LogP contribution in [0.5, 0.6) is 0 Å². The zero-order valence-electron chi connectivity index (χ0n) is 9.96. The van der Waals surface area contributed by atoms with E-state index in [0.717, 1.165) is 22.6 Å². The van der Waals surface area contributed by atoms with Gasteiger partial charge in [0.25, 0.3) is 0 Å². The average Bonchev–Trinajstić information content (AvgIpc) is 2.21. The minimum absolute atomic E-state index is 0.693. The largest absolute Gasteiger partial charge is 0.396 e. The molecule has 1 aromatic heterocycles. The van der Waals surface area contributed by atoms with Crippen LogP contribution in [-0.2, 0) is 0 Å². The maximum Gasteiger partial charge on any atom is 0.0750 e. The lowest BCUT2D eigenvalue weighted by Gasteiger charge is -2.11. The van der Waals surface area contributed by atoms with Gasteiger partial charge in [0.15, 0.2) is 0 Å². The molecule has 0 amide bonds. The Morgan fingerprint density at radius 3 is 2.75 bits per heavy atom. The van der Waals surface area contributed by atoms with E-state index in [1.165, 1.54) is 19.3 Å². The first kappa shape index (κ1) is 13.3. The second kappa shape index (κ2) is 6.74. The SMILES string of the molecule is CC(C)CCCCNc1c(N)cncc1Br. The summed E-state index contributed by atoms with van der Waals surface area (Å²) in [7, 11) is 0. The molecule has 0 aliphatic rings. The van der Waals surface area contributed by atoms with Crippen molar-refractivity contribution >= 4 is 27.3 Å². The van der Waals surface area contributed by atoms with Crippen molar-refractivity contribution in [3.05, 3.63) is 16.9 Å². The first-order valence-corrected chi connectivity index (χ1v) is 6.53. The van der Waals surface area contributed by atoms with E-state index in [1.54, 1.807) is 12.4 Å². The van der Waals surface area contributed by atoms with Crippen molar-refractivity contribution < 1.29 is 0 Å². The van der Waals surface area contributed by atoms with Gasteiger partial charge in [-0.25, -0.2) is 0 Å². The molecule has 0 unspecified atom stereocenters. The molecule has 1 rings (SSSR count).